The topological polar surface area (TPSA) is 43.8 Å². The fourth-order valence-corrected chi connectivity index (χ4v) is 1.17. The van der Waals surface area contributed by atoms with Crippen LogP contribution in [-0.2, 0) is 0 Å². The van der Waals surface area contributed by atoms with Crippen molar-refractivity contribution in [2.24, 2.45) is 5.73 Å². The van der Waals surface area contributed by atoms with Gasteiger partial charge in [0.15, 0.2) is 0 Å². The molecule has 0 aliphatic rings. The molecule has 2 unspecified atom stereocenters. The highest BCUT2D eigenvalue weighted by molar-refractivity contribution is 5.10. The number of aromatic nitrogens is 2. The Kier molecular flexibility index (Phi) is 3.48. The molecular formula is C10H19N3. The van der Waals surface area contributed by atoms with E-state index in [1.54, 1.807) is 0 Å². The van der Waals surface area contributed by atoms with Gasteiger partial charge in [-0.3, -0.25) is 4.68 Å². The van der Waals surface area contributed by atoms with Crippen molar-refractivity contribution in [2.75, 3.05) is 6.54 Å². The minimum Gasteiger partial charge on any atom is -0.330 e. The molecule has 0 aliphatic heterocycles. The summed E-state index contributed by atoms with van der Waals surface area (Å²) in [4.78, 5) is 0. The SMILES string of the molecule is CCC(C)n1cc(C(C)CN)cn1. The van der Waals surface area contributed by atoms with Gasteiger partial charge in [-0.25, -0.2) is 0 Å². The molecule has 3 nitrogen and oxygen atoms in total. The predicted molar refractivity (Wildman–Crippen MR) is 54.7 cm³/mol. The number of hydrogen-bond acceptors (Lipinski definition) is 2. The zero-order valence-corrected chi connectivity index (χ0v) is 8.70. The number of hydrogen-bond donors (Lipinski definition) is 1. The fourth-order valence-electron chi connectivity index (χ4n) is 1.17. The molecule has 2 N–H and O–H groups in total. The standard InChI is InChI=1S/C10H19N3/c1-4-9(3)13-7-10(6-12-13)8(2)5-11/h6-9H,4-5,11H2,1-3H3. The van der Waals surface area contributed by atoms with E-state index in [4.69, 9.17) is 5.73 Å². The van der Waals surface area contributed by atoms with Gasteiger partial charge in [0, 0.05) is 12.2 Å². The van der Waals surface area contributed by atoms with E-state index in [1.165, 1.54) is 5.56 Å². The second kappa shape index (κ2) is 4.42. The molecule has 0 saturated carbocycles. The van der Waals surface area contributed by atoms with E-state index in [0.717, 1.165) is 6.42 Å². The van der Waals surface area contributed by atoms with Crippen LogP contribution in [0.25, 0.3) is 0 Å². The average Bonchev–Trinajstić information content (AvgIpc) is 2.64. The Bertz CT molecular complexity index is 230. The van der Waals surface area contributed by atoms with Crippen molar-refractivity contribution < 1.29 is 0 Å². The zero-order chi connectivity index (χ0) is 9.84. The molecule has 74 valence electrons. The summed E-state index contributed by atoms with van der Waals surface area (Å²) in [5.41, 5.74) is 6.82. The lowest BCUT2D eigenvalue weighted by Crippen LogP contribution is -2.08. The minimum atomic E-state index is 0.415. The first kappa shape index (κ1) is 10.3. The van der Waals surface area contributed by atoms with Gasteiger partial charge < -0.3 is 5.73 Å². The summed E-state index contributed by atoms with van der Waals surface area (Å²) in [6.45, 7) is 7.15. The van der Waals surface area contributed by atoms with E-state index in [0.29, 0.717) is 18.5 Å². The Labute approximate surface area is 79.9 Å². The lowest BCUT2D eigenvalue weighted by molar-refractivity contribution is 0.477. The normalized spacial score (nSPS) is 15.7. The third-order valence-corrected chi connectivity index (χ3v) is 2.59. The molecule has 0 radical (unpaired) electrons. The van der Waals surface area contributed by atoms with E-state index in [1.807, 2.05) is 10.9 Å². The highest BCUT2D eigenvalue weighted by Crippen LogP contribution is 2.15. The quantitative estimate of drug-likeness (QED) is 0.771. The van der Waals surface area contributed by atoms with E-state index in [2.05, 4.69) is 32.1 Å². The minimum absolute atomic E-state index is 0.415. The van der Waals surface area contributed by atoms with Crippen molar-refractivity contribution in [3.8, 4) is 0 Å². The van der Waals surface area contributed by atoms with Gasteiger partial charge in [-0.15, -0.1) is 0 Å². The molecule has 0 spiro atoms. The molecule has 1 rings (SSSR count). The second-order valence-corrected chi connectivity index (χ2v) is 3.65. The van der Waals surface area contributed by atoms with Crippen molar-refractivity contribution in [3.63, 3.8) is 0 Å². The summed E-state index contributed by atoms with van der Waals surface area (Å²) >= 11 is 0. The van der Waals surface area contributed by atoms with Crippen LogP contribution in [0.4, 0.5) is 0 Å². The maximum atomic E-state index is 5.58. The fraction of sp³-hybridized carbons (Fsp3) is 0.700. The van der Waals surface area contributed by atoms with E-state index in [9.17, 15) is 0 Å². The summed E-state index contributed by atoms with van der Waals surface area (Å²) < 4.78 is 2.02. The number of nitrogens with zero attached hydrogens (tertiary/aromatic N) is 2. The maximum absolute atomic E-state index is 5.58. The summed E-state index contributed by atoms with van der Waals surface area (Å²) in [6, 6.07) is 0.485. The lowest BCUT2D eigenvalue weighted by atomic mass is 10.1. The van der Waals surface area contributed by atoms with Crippen molar-refractivity contribution >= 4 is 0 Å². The van der Waals surface area contributed by atoms with Gasteiger partial charge in [-0.2, -0.15) is 5.10 Å². The largest absolute Gasteiger partial charge is 0.330 e. The van der Waals surface area contributed by atoms with Gasteiger partial charge in [0.05, 0.1) is 6.20 Å². The van der Waals surface area contributed by atoms with Crippen LogP contribution in [-0.4, -0.2) is 16.3 Å². The maximum Gasteiger partial charge on any atom is 0.0525 e. The monoisotopic (exact) mass is 181 g/mol. The zero-order valence-electron chi connectivity index (χ0n) is 8.70. The highest BCUT2D eigenvalue weighted by Gasteiger charge is 2.08. The molecule has 0 fully saturated rings. The van der Waals surface area contributed by atoms with Crippen LogP contribution in [0.15, 0.2) is 12.4 Å². The number of rotatable bonds is 4. The Hall–Kier alpha value is -0.830. The highest BCUT2D eigenvalue weighted by atomic mass is 15.3. The van der Waals surface area contributed by atoms with Gasteiger partial charge in [0.1, 0.15) is 0 Å². The van der Waals surface area contributed by atoms with E-state index in [-0.39, 0.29) is 0 Å². The predicted octanol–water partition coefficient (Wildman–Crippen LogP) is 1.92. The van der Waals surface area contributed by atoms with E-state index >= 15 is 0 Å². The van der Waals surface area contributed by atoms with Gasteiger partial charge in [0.25, 0.3) is 0 Å². The van der Waals surface area contributed by atoms with Crippen LogP contribution < -0.4 is 5.73 Å². The Morgan fingerprint density at radius 3 is 2.77 bits per heavy atom. The Balaban J connectivity index is 2.74. The third kappa shape index (κ3) is 2.31. The van der Waals surface area contributed by atoms with Crippen molar-refractivity contribution in [2.45, 2.75) is 39.2 Å². The molecule has 2 atom stereocenters. The molecule has 0 aliphatic carbocycles. The van der Waals surface area contributed by atoms with E-state index < -0.39 is 0 Å². The molecule has 1 aromatic heterocycles. The smallest absolute Gasteiger partial charge is 0.0525 e. The van der Waals surface area contributed by atoms with Crippen LogP contribution in [0.3, 0.4) is 0 Å². The Morgan fingerprint density at radius 2 is 2.23 bits per heavy atom. The van der Waals surface area contributed by atoms with Crippen molar-refractivity contribution in [3.05, 3.63) is 18.0 Å². The molecule has 0 saturated heterocycles. The summed E-state index contributed by atoms with van der Waals surface area (Å²) in [7, 11) is 0. The van der Waals surface area contributed by atoms with Crippen LogP contribution >= 0.6 is 0 Å². The van der Waals surface area contributed by atoms with Crippen molar-refractivity contribution in [1.82, 2.24) is 9.78 Å². The molecule has 3 heteroatoms. The molecule has 0 amide bonds. The van der Waals surface area contributed by atoms with Gasteiger partial charge in [-0.1, -0.05) is 13.8 Å². The van der Waals surface area contributed by atoms with Crippen LogP contribution in [0.2, 0.25) is 0 Å². The van der Waals surface area contributed by atoms with Gasteiger partial charge >= 0.3 is 0 Å². The molecule has 0 aromatic carbocycles. The lowest BCUT2D eigenvalue weighted by Gasteiger charge is -2.08. The Morgan fingerprint density at radius 1 is 1.54 bits per heavy atom. The average molecular weight is 181 g/mol. The molecule has 13 heavy (non-hydrogen) atoms. The molecule has 0 bridgehead atoms. The first-order valence-corrected chi connectivity index (χ1v) is 4.93. The second-order valence-electron chi connectivity index (χ2n) is 3.65. The number of nitrogens with two attached hydrogens (primary N) is 1. The summed E-state index contributed by atoms with van der Waals surface area (Å²) in [5.74, 6) is 0.415. The first-order valence-electron chi connectivity index (χ1n) is 4.93. The van der Waals surface area contributed by atoms with Crippen LogP contribution in [0, 0.1) is 0 Å². The van der Waals surface area contributed by atoms with Gasteiger partial charge in [0.2, 0.25) is 0 Å². The third-order valence-electron chi connectivity index (χ3n) is 2.59. The first-order chi connectivity index (χ1) is 6.19. The van der Waals surface area contributed by atoms with Crippen LogP contribution in [0.1, 0.15) is 44.7 Å². The van der Waals surface area contributed by atoms with Gasteiger partial charge in [-0.05, 0) is 31.4 Å². The van der Waals surface area contributed by atoms with Crippen LogP contribution in [0.5, 0.6) is 0 Å². The molecular weight excluding hydrogens is 162 g/mol. The summed E-state index contributed by atoms with van der Waals surface area (Å²) in [6.07, 6.45) is 5.13. The summed E-state index contributed by atoms with van der Waals surface area (Å²) in [5, 5.41) is 4.32. The molecule has 1 aromatic rings. The molecule has 1 heterocycles. The van der Waals surface area contributed by atoms with Crippen molar-refractivity contribution in [1.29, 1.82) is 0 Å².